The molecule has 0 aliphatic rings. The van der Waals surface area contributed by atoms with Crippen molar-refractivity contribution >= 4 is 17.2 Å². The number of rotatable bonds is 9. The van der Waals surface area contributed by atoms with E-state index in [-0.39, 0.29) is 5.91 Å². The maximum atomic E-state index is 13.4. The standard InChI is InChI=1S/C21H23NO5S/c1-24-18-7-6-17(19(25-2)20(18)26-3)21(23)22(13-15-9-11-27-14-15)10-8-16-5-4-12-28-16/h4-7,9,11-12,14H,8,10,13H2,1-3H3. The van der Waals surface area contributed by atoms with Crippen LogP contribution in [0.1, 0.15) is 20.8 Å². The average molecular weight is 401 g/mol. The molecule has 148 valence electrons. The van der Waals surface area contributed by atoms with E-state index in [1.807, 2.05) is 17.5 Å². The quantitative estimate of drug-likeness (QED) is 0.536. The third kappa shape index (κ3) is 4.31. The Hall–Kier alpha value is -2.93. The van der Waals surface area contributed by atoms with Crippen molar-refractivity contribution in [2.75, 3.05) is 27.9 Å². The third-order valence-corrected chi connectivity index (χ3v) is 5.32. The van der Waals surface area contributed by atoms with Gasteiger partial charge in [-0.25, -0.2) is 0 Å². The van der Waals surface area contributed by atoms with Gasteiger partial charge in [-0.2, -0.15) is 0 Å². The normalized spacial score (nSPS) is 10.5. The molecule has 3 rings (SSSR count). The number of furan rings is 1. The number of methoxy groups -OCH3 is 3. The highest BCUT2D eigenvalue weighted by molar-refractivity contribution is 7.09. The van der Waals surface area contributed by atoms with E-state index < -0.39 is 0 Å². The van der Waals surface area contributed by atoms with E-state index in [1.165, 1.54) is 19.1 Å². The molecule has 0 saturated carbocycles. The van der Waals surface area contributed by atoms with E-state index in [0.29, 0.717) is 35.9 Å². The van der Waals surface area contributed by atoms with Gasteiger partial charge in [0.2, 0.25) is 5.75 Å². The second-order valence-corrected chi connectivity index (χ2v) is 7.10. The van der Waals surface area contributed by atoms with Gasteiger partial charge >= 0.3 is 0 Å². The lowest BCUT2D eigenvalue weighted by molar-refractivity contribution is 0.0741. The van der Waals surface area contributed by atoms with Crippen LogP contribution in [0.5, 0.6) is 17.2 Å². The lowest BCUT2D eigenvalue weighted by Crippen LogP contribution is -2.32. The van der Waals surface area contributed by atoms with Crippen LogP contribution >= 0.6 is 11.3 Å². The highest BCUT2D eigenvalue weighted by Crippen LogP contribution is 2.40. The summed E-state index contributed by atoms with van der Waals surface area (Å²) in [5.41, 5.74) is 1.36. The molecule has 0 atom stereocenters. The summed E-state index contributed by atoms with van der Waals surface area (Å²) in [6.07, 6.45) is 4.03. The number of carbonyl (C=O) groups is 1. The molecule has 0 spiro atoms. The van der Waals surface area contributed by atoms with Gasteiger partial charge in [-0.1, -0.05) is 6.07 Å². The van der Waals surface area contributed by atoms with Crippen molar-refractivity contribution in [1.29, 1.82) is 0 Å². The van der Waals surface area contributed by atoms with E-state index in [1.54, 1.807) is 48.0 Å². The number of carbonyl (C=O) groups excluding carboxylic acids is 1. The Balaban J connectivity index is 1.91. The van der Waals surface area contributed by atoms with Crippen LogP contribution in [0.4, 0.5) is 0 Å². The summed E-state index contributed by atoms with van der Waals surface area (Å²) in [6, 6.07) is 9.36. The van der Waals surface area contributed by atoms with E-state index in [0.717, 1.165) is 12.0 Å². The van der Waals surface area contributed by atoms with E-state index in [2.05, 4.69) is 6.07 Å². The topological polar surface area (TPSA) is 61.1 Å². The first kappa shape index (κ1) is 19.8. The van der Waals surface area contributed by atoms with E-state index >= 15 is 0 Å². The first-order chi connectivity index (χ1) is 13.7. The number of ether oxygens (including phenoxy) is 3. The van der Waals surface area contributed by atoms with Crippen LogP contribution in [0.2, 0.25) is 0 Å². The van der Waals surface area contributed by atoms with E-state index in [9.17, 15) is 4.79 Å². The Bertz CT molecular complexity index is 890. The van der Waals surface area contributed by atoms with Gasteiger partial charge in [-0.05, 0) is 36.1 Å². The first-order valence-corrected chi connectivity index (χ1v) is 9.67. The fraction of sp³-hybridized carbons (Fsp3) is 0.286. The number of amides is 1. The Labute approximate surface area is 168 Å². The second kappa shape index (κ2) is 9.32. The van der Waals surface area contributed by atoms with Crippen LogP contribution in [0.25, 0.3) is 0 Å². The molecule has 0 aliphatic heterocycles. The largest absolute Gasteiger partial charge is 0.493 e. The second-order valence-electron chi connectivity index (χ2n) is 6.07. The van der Waals surface area contributed by atoms with Crippen molar-refractivity contribution in [3.05, 3.63) is 64.2 Å². The molecule has 1 aromatic carbocycles. The molecule has 0 bridgehead atoms. The minimum Gasteiger partial charge on any atom is -0.493 e. The van der Waals surface area contributed by atoms with Gasteiger partial charge < -0.3 is 23.5 Å². The van der Waals surface area contributed by atoms with Crippen molar-refractivity contribution in [1.82, 2.24) is 4.90 Å². The van der Waals surface area contributed by atoms with E-state index in [4.69, 9.17) is 18.6 Å². The molecule has 1 amide bonds. The number of thiophene rings is 1. The Morgan fingerprint density at radius 2 is 1.89 bits per heavy atom. The fourth-order valence-electron chi connectivity index (χ4n) is 3.00. The van der Waals surface area contributed by atoms with Crippen molar-refractivity contribution in [2.24, 2.45) is 0 Å². The Kier molecular flexibility index (Phi) is 6.60. The minimum absolute atomic E-state index is 0.143. The first-order valence-electron chi connectivity index (χ1n) is 8.79. The zero-order valence-electron chi connectivity index (χ0n) is 16.1. The molecular weight excluding hydrogens is 378 g/mol. The zero-order chi connectivity index (χ0) is 19.9. The molecule has 0 N–H and O–H groups in total. The number of nitrogens with zero attached hydrogens (tertiary/aromatic N) is 1. The van der Waals surface area contributed by atoms with Crippen LogP contribution in [-0.4, -0.2) is 38.7 Å². The minimum atomic E-state index is -0.143. The highest BCUT2D eigenvalue weighted by atomic mass is 32.1. The van der Waals surface area contributed by atoms with Crippen LogP contribution < -0.4 is 14.2 Å². The molecule has 7 heteroatoms. The summed E-state index contributed by atoms with van der Waals surface area (Å²) in [7, 11) is 4.58. The molecule has 0 fully saturated rings. The van der Waals surface area contributed by atoms with Gasteiger partial charge in [-0.15, -0.1) is 11.3 Å². The van der Waals surface area contributed by atoms with Crippen molar-refractivity contribution in [3.63, 3.8) is 0 Å². The number of hydrogen-bond acceptors (Lipinski definition) is 6. The number of hydrogen-bond donors (Lipinski definition) is 0. The maximum absolute atomic E-state index is 13.4. The summed E-state index contributed by atoms with van der Waals surface area (Å²) < 4.78 is 21.4. The Morgan fingerprint density at radius 3 is 2.50 bits per heavy atom. The third-order valence-electron chi connectivity index (χ3n) is 4.38. The van der Waals surface area contributed by atoms with Crippen LogP contribution in [0, 0.1) is 0 Å². The van der Waals surface area contributed by atoms with Gasteiger partial charge in [-0.3, -0.25) is 4.79 Å². The summed E-state index contributed by atoms with van der Waals surface area (Å²) in [4.78, 5) is 16.4. The molecular formula is C21H23NO5S. The smallest absolute Gasteiger partial charge is 0.258 e. The summed E-state index contributed by atoms with van der Waals surface area (Å²) in [6.45, 7) is 1.01. The van der Waals surface area contributed by atoms with Crippen LogP contribution in [0.3, 0.4) is 0 Å². The lowest BCUT2D eigenvalue weighted by atomic mass is 10.1. The highest BCUT2D eigenvalue weighted by Gasteiger charge is 2.25. The van der Waals surface area contributed by atoms with Gasteiger partial charge in [0, 0.05) is 23.5 Å². The fourth-order valence-corrected chi connectivity index (χ4v) is 3.69. The molecule has 3 aromatic rings. The van der Waals surface area contributed by atoms with Gasteiger partial charge in [0.25, 0.3) is 5.91 Å². The van der Waals surface area contributed by atoms with Crippen molar-refractivity contribution < 1.29 is 23.4 Å². The molecule has 0 radical (unpaired) electrons. The maximum Gasteiger partial charge on any atom is 0.258 e. The van der Waals surface area contributed by atoms with Gasteiger partial charge in [0.1, 0.15) is 0 Å². The zero-order valence-corrected chi connectivity index (χ0v) is 17.0. The molecule has 0 saturated heterocycles. The van der Waals surface area contributed by atoms with Gasteiger partial charge in [0.05, 0.1) is 39.4 Å². The van der Waals surface area contributed by atoms with Crippen LogP contribution in [-0.2, 0) is 13.0 Å². The monoisotopic (exact) mass is 401 g/mol. The molecule has 6 nitrogen and oxygen atoms in total. The summed E-state index contributed by atoms with van der Waals surface area (Å²) in [5, 5.41) is 2.04. The molecule has 2 heterocycles. The Morgan fingerprint density at radius 1 is 1.07 bits per heavy atom. The predicted molar refractivity (Wildman–Crippen MR) is 108 cm³/mol. The van der Waals surface area contributed by atoms with Crippen LogP contribution in [0.15, 0.2) is 52.7 Å². The summed E-state index contributed by atoms with van der Waals surface area (Å²) >= 11 is 1.68. The molecule has 28 heavy (non-hydrogen) atoms. The molecule has 0 aliphatic carbocycles. The van der Waals surface area contributed by atoms with Crippen molar-refractivity contribution in [3.8, 4) is 17.2 Å². The van der Waals surface area contributed by atoms with Gasteiger partial charge in [0.15, 0.2) is 11.5 Å². The molecule has 2 aromatic heterocycles. The number of benzene rings is 1. The SMILES string of the molecule is COc1ccc(C(=O)N(CCc2cccs2)Cc2ccoc2)c(OC)c1OC. The average Bonchev–Trinajstić information content (AvgIpc) is 3.43. The molecule has 0 unspecified atom stereocenters. The summed E-state index contributed by atoms with van der Waals surface area (Å²) in [5.74, 6) is 1.13. The van der Waals surface area contributed by atoms with Crippen molar-refractivity contribution in [2.45, 2.75) is 13.0 Å². The predicted octanol–water partition coefficient (Wildman–Crippen LogP) is 4.25. The lowest BCUT2D eigenvalue weighted by Gasteiger charge is -2.24.